The number of amides is 1. The molecular weight excluding hydrogens is 323 g/mol. The first kappa shape index (κ1) is 16.6. The summed E-state index contributed by atoms with van der Waals surface area (Å²) in [5.74, 6) is -1.58. The first-order valence-corrected chi connectivity index (χ1v) is 6.99. The molecule has 1 aromatic rings. The molecule has 1 saturated carbocycles. The SMILES string of the molecule is O=C(COC(=O)C1CCC1)Nc1c(Cl)cccc1C(F)(F)F. The van der Waals surface area contributed by atoms with Gasteiger partial charge in [-0.25, -0.2) is 0 Å². The van der Waals surface area contributed by atoms with Crippen LogP contribution in [0.2, 0.25) is 5.02 Å². The molecule has 1 N–H and O–H groups in total. The van der Waals surface area contributed by atoms with Crippen LogP contribution < -0.4 is 5.32 Å². The number of alkyl halides is 3. The monoisotopic (exact) mass is 335 g/mol. The highest BCUT2D eigenvalue weighted by molar-refractivity contribution is 6.34. The maximum absolute atomic E-state index is 12.9. The Hall–Kier alpha value is -1.76. The van der Waals surface area contributed by atoms with Crippen molar-refractivity contribution in [1.82, 2.24) is 0 Å². The lowest BCUT2D eigenvalue weighted by Crippen LogP contribution is -2.28. The smallest absolute Gasteiger partial charge is 0.418 e. The molecule has 1 aromatic carbocycles. The summed E-state index contributed by atoms with van der Waals surface area (Å²) in [6.07, 6.45) is -2.30. The molecule has 22 heavy (non-hydrogen) atoms. The number of ether oxygens (including phenoxy) is 1. The van der Waals surface area contributed by atoms with Gasteiger partial charge in [-0.15, -0.1) is 0 Å². The van der Waals surface area contributed by atoms with Crippen molar-refractivity contribution < 1.29 is 27.5 Å². The zero-order valence-corrected chi connectivity index (χ0v) is 12.1. The van der Waals surface area contributed by atoms with Gasteiger partial charge in [0.05, 0.1) is 22.2 Å². The molecule has 0 bridgehead atoms. The minimum atomic E-state index is -4.66. The zero-order valence-electron chi connectivity index (χ0n) is 11.4. The molecule has 4 nitrogen and oxygen atoms in total. The Balaban J connectivity index is 2.00. The van der Waals surface area contributed by atoms with Gasteiger partial charge in [0, 0.05) is 0 Å². The van der Waals surface area contributed by atoms with E-state index in [1.807, 2.05) is 5.32 Å². The van der Waals surface area contributed by atoms with E-state index >= 15 is 0 Å². The fraction of sp³-hybridized carbons (Fsp3) is 0.429. The Bertz CT molecular complexity index is 585. The molecule has 1 aliphatic rings. The number of carbonyl (C=O) groups is 2. The summed E-state index contributed by atoms with van der Waals surface area (Å²) >= 11 is 5.70. The van der Waals surface area contributed by atoms with Crippen molar-refractivity contribution in [2.45, 2.75) is 25.4 Å². The van der Waals surface area contributed by atoms with Crippen LogP contribution in [0.1, 0.15) is 24.8 Å². The van der Waals surface area contributed by atoms with Gasteiger partial charge >= 0.3 is 12.1 Å². The maximum atomic E-state index is 12.9. The van der Waals surface area contributed by atoms with Gasteiger partial charge in [-0.05, 0) is 25.0 Å². The Labute approximate surface area is 129 Å². The number of nitrogens with one attached hydrogen (secondary N) is 1. The average molecular weight is 336 g/mol. The fourth-order valence-electron chi connectivity index (χ4n) is 1.96. The van der Waals surface area contributed by atoms with Crippen molar-refractivity contribution in [3.05, 3.63) is 28.8 Å². The highest BCUT2D eigenvalue weighted by Crippen LogP contribution is 2.38. The van der Waals surface area contributed by atoms with Crippen LogP contribution in [0.25, 0.3) is 0 Å². The first-order valence-electron chi connectivity index (χ1n) is 6.61. The first-order chi connectivity index (χ1) is 10.3. The Morgan fingerprint density at radius 2 is 2.00 bits per heavy atom. The molecule has 0 spiro atoms. The summed E-state index contributed by atoms with van der Waals surface area (Å²) in [6.45, 7) is -0.641. The average Bonchev–Trinajstić information content (AvgIpc) is 2.35. The third-order valence-electron chi connectivity index (χ3n) is 3.37. The van der Waals surface area contributed by atoms with E-state index in [1.54, 1.807) is 0 Å². The van der Waals surface area contributed by atoms with E-state index in [4.69, 9.17) is 16.3 Å². The number of esters is 1. The molecule has 0 aliphatic heterocycles. The van der Waals surface area contributed by atoms with Crippen LogP contribution in [0.4, 0.5) is 18.9 Å². The van der Waals surface area contributed by atoms with Crippen LogP contribution in [-0.4, -0.2) is 18.5 Å². The van der Waals surface area contributed by atoms with Crippen LogP contribution in [0.15, 0.2) is 18.2 Å². The summed E-state index contributed by atoms with van der Waals surface area (Å²) in [4.78, 5) is 23.1. The van der Waals surface area contributed by atoms with Crippen molar-refractivity contribution in [3.8, 4) is 0 Å². The second kappa shape index (κ2) is 6.56. The minimum Gasteiger partial charge on any atom is -0.455 e. The molecule has 0 saturated heterocycles. The van der Waals surface area contributed by atoms with E-state index in [1.165, 1.54) is 6.07 Å². The predicted octanol–water partition coefficient (Wildman–Crippen LogP) is 3.64. The number of carbonyl (C=O) groups excluding carboxylic acids is 2. The van der Waals surface area contributed by atoms with Crippen LogP contribution >= 0.6 is 11.6 Å². The Morgan fingerprint density at radius 3 is 2.55 bits per heavy atom. The molecular formula is C14H13ClF3NO3. The molecule has 2 rings (SSSR count). The lowest BCUT2D eigenvalue weighted by Gasteiger charge is -2.23. The maximum Gasteiger partial charge on any atom is 0.418 e. The number of benzene rings is 1. The summed E-state index contributed by atoms with van der Waals surface area (Å²) in [6, 6.07) is 3.17. The van der Waals surface area contributed by atoms with Crippen LogP contribution in [0.5, 0.6) is 0 Å². The Kier molecular flexibility index (Phi) is 4.95. The molecule has 120 valence electrons. The Morgan fingerprint density at radius 1 is 1.32 bits per heavy atom. The molecule has 1 amide bonds. The molecule has 8 heteroatoms. The zero-order chi connectivity index (χ0) is 16.3. The molecule has 0 radical (unpaired) electrons. The van der Waals surface area contributed by atoms with Crippen LogP contribution in [0, 0.1) is 5.92 Å². The van der Waals surface area contributed by atoms with Gasteiger partial charge in [-0.2, -0.15) is 13.2 Å². The van der Waals surface area contributed by atoms with Gasteiger partial charge < -0.3 is 10.1 Å². The van der Waals surface area contributed by atoms with Gasteiger partial charge in [0.2, 0.25) is 0 Å². The molecule has 0 aromatic heterocycles. The summed E-state index contributed by atoms with van der Waals surface area (Å²) < 4.78 is 43.3. The van der Waals surface area contributed by atoms with Gasteiger partial charge in [0.15, 0.2) is 6.61 Å². The predicted molar refractivity (Wildman–Crippen MR) is 73.4 cm³/mol. The van der Waals surface area contributed by atoms with E-state index in [-0.39, 0.29) is 10.9 Å². The van der Waals surface area contributed by atoms with Gasteiger partial charge in [-0.1, -0.05) is 24.1 Å². The lowest BCUT2D eigenvalue weighted by molar-refractivity contribution is -0.154. The normalized spacial score (nSPS) is 15.1. The van der Waals surface area contributed by atoms with Gasteiger partial charge in [-0.3, -0.25) is 9.59 Å². The highest BCUT2D eigenvalue weighted by atomic mass is 35.5. The lowest BCUT2D eigenvalue weighted by atomic mass is 9.86. The molecule has 0 heterocycles. The third-order valence-corrected chi connectivity index (χ3v) is 3.68. The molecule has 1 fully saturated rings. The number of anilines is 1. The van der Waals surface area contributed by atoms with E-state index in [0.29, 0.717) is 12.8 Å². The summed E-state index contributed by atoms with van der Waals surface area (Å²) in [7, 11) is 0. The number of para-hydroxylation sites is 1. The number of rotatable bonds is 4. The number of hydrogen-bond acceptors (Lipinski definition) is 3. The second-order valence-corrected chi connectivity index (χ2v) is 5.35. The summed E-state index contributed by atoms with van der Waals surface area (Å²) in [5.41, 5.74) is -1.60. The molecule has 0 atom stereocenters. The molecule has 0 unspecified atom stereocenters. The van der Waals surface area contributed by atoms with Gasteiger partial charge in [0.25, 0.3) is 5.91 Å². The topological polar surface area (TPSA) is 55.4 Å². The summed E-state index contributed by atoms with van der Waals surface area (Å²) in [5, 5.41) is 1.81. The van der Waals surface area contributed by atoms with Gasteiger partial charge in [0.1, 0.15) is 0 Å². The third kappa shape index (κ3) is 3.91. The molecule has 1 aliphatic carbocycles. The van der Waals surface area contributed by atoms with Crippen molar-refractivity contribution in [2.75, 3.05) is 11.9 Å². The second-order valence-electron chi connectivity index (χ2n) is 4.94. The minimum absolute atomic E-state index is 0.209. The number of hydrogen-bond donors (Lipinski definition) is 1. The fourth-order valence-corrected chi connectivity index (χ4v) is 2.18. The largest absolute Gasteiger partial charge is 0.455 e. The van der Waals surface area contributed by atoms with Crippen molar-refractivity contribution >= 4 is 29.2 Å². The highest BCUT2D eigenvalue weighted by Gasteiger charge is 2.35. The van der Waals surface area contributed by atoms with E-state index in [2.05, 4.69) is 0 Å². The van der Waals surface area contributed by atoms with Crippen molar-refractivity contribution in [1.29, 1.82) is 0 Å². The van der Waals surface area contributed by atoms with E-state index in [9.17, 15) is 22.8 Å². The van der Waals surface area contributed by atoms with Crippen LogP contribution in [-0.2, 0) is 20.5 Å². The van der Waals surface area contributed by atoms with E-state index < -0.39 is 35.9 Å². The standard InChI is InChI=1S/C14H13ClF3NO3/c15-10-6-2-5-9(14(16,17)18)12(10)19-11(20)7-22-13(21)8-3-1-4-8/h2,5-6,8H,1,3-4,7H2,(H,19,20). The van der Waals surface area contributed by atoms with Crippen molar-refractivity contribution in [2.24, 2.45) is 5.92 Å². The van der Waals surface area contributed by atoms with Crippen molar-refractivity contribution in [3.63, 3.8) is 0 Å². The van der Waals surface area contributed by atoms with E-state index in [0.717, 1.165) is 18.6 Å². The number of halogens is 4. The quantitative estimate of drug-likeness (QED) is 0.855. The van der Waals surface area contributed by atoms with Crippen LogP contribution in [0.3, 0.4) is 0 Å².